The Morgan fingerprint density at radius 1 is 1.00 bits per heavy atom. The molecule has 0 bridgehead atoms. The Bertz CT molecular complexity index is 1050. The molecule has 4 nitrogen and oxygen atoms in total. The second-order valence-electron chi connectivity index (χ2n) is 5.06. The molecule has 0 radical (unpaired) electrons. The quantitative estimate of drug-likeness (QED) is 0.536. The molecule has 1 N–H and O–H groups in total. The van der Waals surface area contributed by atoms with Crippen LogP contribution in [0.2, 0.25) is 0 Å². The van der Waals surface area contributed by atoms with Crippen molar-refractivity contribution in [1.29, 1.82) is 0 Å². The predicted molar refractivity (Wildman–Crippen MR) is 80.8 cm³/mol. The summed E-state index contributed by atoms with van der Waals surface area (Å²) in [4.78, 5) is 12.3. The normalized spacial score (nSPS) is 11.7. The molecule has 0 saturated carbocycles. The van der Waals surface area contributed by atoms with Crippen molar-refractivity contribution in [1.82, 2.24) is 0 Å². The number of furan rings is 1. The topological polar surface area (TPSA) is 63.6 Å². The molecule has 0 saturated heterocycles. The molecule has 4 aromatic rings. The van der Waals surface area contributed by atoms with Crippen LogP contribution in [0.3, 0.4) is 0 Å². The molecule has 0 aliphatic heterocycles. The summed E-state index contributed by atoms with van der Waals surface area (Å²) in [6.07, 6.45) is 0.884. The Hall–Kier alpha value is -2.75. The molecule has 0 unspecified atom stereocenters. The lowest BCUT2D eigenvalue weighted by Crippen LogP contribution is -1.98. The van der Waals surface area contributed by atoms with Crippen LogP contribution in [0.15, 0.2) is 50.0 Å². The van der Waals surface area contributed by atoms with Gasteiger partial charge in [-0.05, 0) is 36.2 Å². The third-order valence-electron chi connectivity index (χ3n) is 3.78. The zero-order valence-electron chi connectivity index (χ0n) is 11.3. The summed E-state index contributed by atoms with van der Waals surface area (Å²) in [5, 5.41) is 11.4. The van der Waals surface area contributed by atoms with Crippen LogP contribution in [0.5, 0.6) is 5.75 Å². The summed E-state index contributed by atoms with van der Waals surface area (Å²) < 4.78 is 11.2. The van der Waals surface area contributed by atoms with E-state index in [0.29, 0.717) is 27.5 Å². The van der Waals surface area contributed by atoms with Gasteiger partial charge in [0.25, 0.3) is 0 Å². The summed E-state index contributed by atoms with van der Waals surface area (Å²) in [5.41, 5.74) is 2.17. The highest BCUT2D eigenvalue weighted by Gasteiger charge is 2.16. The second kappa shape index (κ2) is 4.12. The number of phenols is 1. The first-order valence-electron chi connectivity index (χ1n) is 6.78. The molecule has 2 aromatic carbocycles. The Morgan fingerprint density at radius 3 is 2.67 bits per heavy atom. The maximum absolute atomic E-state index is 12.3. The van der Waals surface area contributed by atoms with Crippen molar-refractivity contribution < 1.29 is 13.9 Å². The number of rotatable bonds is 1. The smallest absolute Gasteiger partial charge is 0.348 e. The fourth-order valence-corrected chi connectivity index (χ4v) is 2.69. The van der Waals surface area contributed by atoms with Crippen molar-refractivity contribution in [3.63, 3.8) is 0 Å². The van der Waals surface area contributed by atoms with Crippen molar-refractivity contribution in [2.45, 2.75) is 13.3 Å². The van der Waals surface area contributed by atoms with E-state index >= 15 is 0 Å². The Labute approximate surface area is 119 Å². The minimum atomic E-state index is -0.449. The van der Waals surface area contributed by atoms with Gasteiger partial charge in [0.05, 0.1) is 5.39 Å². The van der Waals surface area contributed by atoms with Crippen molar-refractivity contribution in [2.75, 3.05) is 0 Å². The number of hydrogen-bond acceptors (Lipinski definition) is 4. The standard InChI is InChI=1S/C17H12O4/c1-2-9-3-6-13-12(7-9)15-16(20-13)11-5-4-10(18)8-14(11)21-17(15)19/h3-8,18H,2H2,1H3. The van der Waals surface area contributed by atoms with E-state index in [-0.39, 0.29) is 5.75 Å². The molecule has 2 heterocycles. The molecule has 0 aliphatic rings. The van der Waals surface area contributed by atoms with Crippen LogP contribution in [0.1, 0.15) is 12.5 Å². The van der Waals surface area contributed by atoms with Crippen LogP contribution >= 0.6 is 0 Å². The lowest BCUT2D eigenvalue weighted by Gasteiger charge is -1.98. The largest absolute Gasteiger partial charge is 0.508 e. The van der Waals surface area contributed by atoms with Gasteiger partial charge in [-0.2, -0.15) is 0 Å². The molecule has 2 aromatic heterocycles. The zero-order valence-corrected chi connectivity index (χ0v) is 11.3. The average Bonchev–Trinajstić information content (AvgIpc) is 2.85. The number of aromatic hydroxyl groups is 1. The van der Waals surface area contributed by atoms with Gasteiger partial charge in [-0.1, -0.05) is 13.0 Å². The number of hydrogen-bond donors (Lipinski definition) is 1. The van der Waals surface area contributed by atoms with E-state index in [1.54, 1.807) is 12.1 Å². The molecule has 0 aliphatic carbocycles. The highest BCUT2D eigenvalue weighted by molar-refractivity contribution is 6.13. The van der Waals surface area contributed by atoms with E-state index in [0.717, 1.165) is 17.4 Å². The molecule has 4 heteroatoms. The summed E-state index contributed by atoms with van der Waals surface area (Å²) in [6.45, 7) is 2.06. The van der Waals surface area contributed by atoms with Gasteiger partial charge >= 0.3 is 5.63 Å². The van der Waals surface area contributed by atoms with Gasteiger partial charge in [-0.15, -0.1) is 0 Å². The van der Waals surface area contributed by atoms with Gasteiger partial charge in [0, 0.05) is 11.5 Å². The zero-order chi connectivity index (χ0) is 14.6. The molecular formula is C17H12O4. The number of fused-ring (bicyclic) bond motifs is 5. The van der Waals surface area contributed by atoms with Gasteiger partial charge in [0.1, 0.15) is 22.3 Å². The number of phenolic OH excluding ortho intramolecular Hbond substituents is 1. The average molecular weight is 280 g/mol. The second-order valence-corrected chi connectivity index (χ2v) is 5.06. The highest BCUT2D eigenvalue weighted by Crippen LogP contribution is 2.33. The predicted octanol–water partition coefficient (Wildman–Crippen LogP) is 3.96. The highest BCUT2D eigenvalue weighted by atomic mass is 16.4. The van der Waals surface area contributed by atoms with Gasteiger partial charge in [-0.25, -0.2) is 4.79 Å². The molecule has 0 spiro atoms. The maximum atomic E-state index is 12.3. The summed E-state index contributed by atoms with van der Waals surface area (Å²) in [6, 6.07) is 10.5. The summed E-state index contributed by atoms with van der Waals surface area (Å²) in [5.74, 6) is 0.0504. The minimum Gasteiger partial charge on any atom is -0.508 e. The number of benzene rings is 2. The van der Waals surface area contributed by atoms with Gasteiger partial charge in [-0.3, -0.25) is 0 Å². The van der Waals surface area contributed by atoms with Crippen LogP contribution in [-0.2, 0) is 6.42 Å². The molecule has 21 heavy (non-hydrogen) atoms. The monoisotopic (exact) mass is 280 g/mol. The fraction of sp³-hybridized carbons (Fsp3) is 0.118. The van der Waals surface area contributed by atoms with Crippen LogP contribution in [0.25, 0.3) is 32.9 Å². The van der Waals surface area contributed by atoms with Crippen molar-refractivity contribution >= 4 is 32.9 Å². The molecule has 4 rings (SSSR count). The van der Waals surface area contributed by atoms with Crippen molar-refractivity contribution in [2.24, 2.45) is 0 Å². The summed E-state index contributed by atoms with van der Waals surface area (Å²) >= 11 is 0. The first-order chi connectivity index (χ1) is 10.2. The van der Waals surface area contributed by atoms with Crippen LogP contribution in [0.4, 0.5) is 0 Å². The van der Waals surface area contributed by atoms with Crippen molar-refractivity contribution in [3.05, 3.63) is 52.4 Å². The van der Waals surface area contributed by atoms with E-state index < -0.39 is 5.63 Å². The lowest BCUT2D eigenvalue weighted by molar-refractivity contribution is 0.473. The van der Waals surface area contributed by atoms with Gasteiger partial charge < -0.3 is 13.9 Å². The van der Waals surface area contributed by atoms with E-state index in [2.05, 4.69) is 6.92 Å². The molecule has 0 amide bonds. The molecule has 0 atom stereocenters. The van der Waals surface area contributed by atoms with E-state index in [9.17, 15) is 9.90 Å². The van der Waals surface area contributed by atoms with E-state index in [1.807, 2.05) is 18.2 Å². The third-order valence-corrected chi connectivity index (χ3v) is 3.78. The summed E-state index contributed by atoms with van der Waals surface area (Å²) in [7, 11) is 0. The Balaban J connectivity index is 2.26. The fourth-order valence-electron chi connectivity index (χ4n) is 2.69. The maximum Gasteiger partial charge on any atom is 0.348 e. The minimum absolute atomic E-state index is 0.0504. The van der Waals surface area contributed by atoms with E-state index in [4.69, 9.17) is 8.83 Å². The van der Waals surface area contributed by atoms with Gasteiger partial charge in [0.15, 0.2) is 5.58 Å². The first kappa shape index (κ1) is 12.0. The lowest BCUT2D eigenvalue weighted by atomic mass is 10.1. The molecular weight excluding hydrogens is 268 g/mol. The Morgan fingerprint density at radius 2 is 1.86 bits per heavy atom. The van der Waals surface area contributed by atoms with Crippen LogP contribution in [0, 0.1) is 0 Å². The number of aryl methyl sites for hydroxylation is 1. The molecule has 0 fully saturated rings. The van der Waals surface area contributed by atoms with E-state index in [1.165, 1.54) is 6.07 Å². The first-order valence-corrected chi connectivity index (χ1v) is 6.78. The van der Waals surface area contributed by atoms with Crippen molar-refractivity contribution in [3.8, 4) is 5.75 Å². The Kier molecular flexibility index (Phi) is 2.36. The SMILES string of the molecule is CCc1ccc2oc3c4ccc(O)cc4oc(=O)c3c2c1. The third kappa shape index (κ3) is 1.65. The molecule has 104 valence electrons. The van der Waals surface area contributed by atoms with Crippen LogP contribution in [-0.4, -0.2) is 5.11 Å². The van der Waals surface area contributed by atoms with Gasteiger partial charge in [0.2, 0.25) is 0 Å². The van der Waals surface area contributed by atoms with Crippen LogP contribution < -0.4 is 5.63 Å².